The summed E-state index contributed by atoms with van der Waals surface area (Å²) in [5, 5.41) is 24.2. The van der Waals surface area contributed by atoms with Gasteiger partial charge in [0.05, 0.1) is 22.1 Å². The molecule has 0 fully saturated rings. The van der Waals surface area contributed by atoms with Crippen molar-refractivity contribution in [2.75, 3.05) is 5.32 Å². The zero-order chi connectivity index (χ0) is 30.7. The fourth-order valence-corrected chi connectivity index (χ4v) is 4.71. The van der Waals surface area contributed by atoms with Crippen molar-refractivity contribution in [3.8, 4) is 5.69 Å². The number of amides is 2. The van der Waals surface area contributed by atoms with E-state index in [2.05, 4.69) is 15.5 Å². The SMILES string of the molecule is CC(NC(=O)Nc1cc(C(F)(F)F)cc(C(F)(F)F)c1)c1nnc(SCc2ccccc2)n1-c1ccc([N+](=O)[O-])cc1. The molecule has 0 saturated carbocycles. The van der Waals surface area contributed by atoms with E-state index in [1.807, 2.05) is 35.6 Å². The Morgan fingerprint density at radius 3 is 2.10 bits per heavy atom. The number of hydrogen-bond acceptors (Lipinski definition) is 6. The quantitative estimate of drug-likeness (QED) is 0.0931. The van der Waals surface area contributed by atoms with Crippen LogP contribution >= 0.6 is 11.8 Å². The summed E-state index contributed by atoms with van der Waals surface area (Å²) in [4.78, 5) is 23.2. The fourth-order valence-electron chi connectivity index (χ4n) is 3.80. The minimum absolute atomic E-state index is 0.0486. The number of urea groups is 1. The maximum absolute atomic E-state index is 13.2. The predicted molar refractivity (Wildman–Crippen MR) is 141 cm³/mol. The van der Waals surface area contributed by atoms with E-state index in [4.69, 9.17) is 0 Å². The monoisotopic (exact) mass is 610 g/mol. The maximum Gasteiger partial charge on any atom is 0.416 e. The third kappa shape index (κ3) is 7.37. The van der Waals surface area contributed by atoms with Gasteiger partial charge in [0.2, 0.25) is 0 Å². The Kier molecular flexibility index (Phi) is 8.75. The molecule has 3 aromatic carbocycles. The van der Waals surface area contributed by atoms with E-state index in [1.54, 1.807) is 0 Å². The first-order chi connectivity index (χ1) is 19.7. The van der Waals surface area contributed by atoms with Crippen LogP contribution in [-0.4, -0.2) is 25.7 Å². The molecule has 220 valence electrons. The number of non-ortho nitro benzene ring substituents is 1. The number of benzene rings is 3. The highest BCUT2D eigenvalue weighted by molar-refractivity contribution is 7.98. The van der Waals surface area contributed by atoms with Crippen molar-refractivity contribution in [1.29, 1.82) is 0 Å². The van der Waals surface area contributed by atoms with Crippen molar-refractivity contribution in [2.24, 2.45) is 0 Å². The minimum atomic E-state index is -5.09. The molecule has 1 unspecified atom stereocenters. The average Bonchev–Trinajstić information content (AvgIpc) is 3.35. The van der Waals surface area contributed by atoms with Gasteiger partial charge in [-0.25, -0.2) is 4.79 Å². The van der Waals surface area contributed by atoms with Gasteiger partial charge in [-0.2, -0.15) is 26.3 Å². The first-order valence-corrected chi connectivity index (χ1v) is 12.9. The summed E-state index contributed by atoms with van der Waals surface area (Å²) in [5.41, 5.74) is -2.68. The van der Waals surface area contributed by atoms with Gasteiger partial charge in [-0.15, -0.1) is 10.2 Å². The number of nitrogens with zero attached hydrogens (tertiary/aromatic N) is 4. The van der Waals surface area contributed by atoms with E-state index in [-0.39, 0.29) is 17.6 Å². The highest BCUT2D eigenvalue weighted by Crippen LogP contribution is 2.37. The van der Waals surface area contributed by atoms with Gasteiger partial charge in [-0.1, -0.05) is 42.1 Å². The largest absolute Gasteiger partial charge is 0.416 e. The molecule has 0 aliphatic rings. The fraction of sp³-hybridized carbons (Fsp3) is 0.192. The molecule has 16 heteroatoms. The molecule has 1 heterocycles. The van der Waals surface area contributed by atoms with E-state index in [0.29, 0.717) is 28.7 Å². The van der Waals surface area contributed by atoms with Crippen molar-refractivity contribution < 1.29 is 36.1 Å². The van der Waals surface area contributed by atoms with Gasteiger partial charge in [-0.05, 0) is 42.8 Å². The topological polar surface area (TPSA) is 115 Å². The van der Waals surface area contributed by atoms with Crippen LogP contribution in [0.4, 0.5) is 42.5 Å². The Balaban J connectivity index is 1.60. The van der Waals surface area contributed by atoms with Crippen LogP contribution in [0.25, 0.3) is 5.69 Å². The first-order valence-electron chi connectivity index (χ1n) is 12.0. The zero-order valence-electron chi connectivity index (χ0n) is 21.4. The molecule has 0 aliphatic carbocycles. The molecule has 1 aromatic heterocycles. The molecule has 0 spiro atoms. The number of carbonyl (C=O) groups excluding carboxylic acids is 1. The van der Waals surface area contributed by atoms with Crippen LogP contribution in [0.3, 0.4) is 0 Å². The molecule has 0 aliphatic heterocycles. The standard InChI is InChI=1S/C26H20F6N6O3S/c1-15(33-23(39)34-19-12-17(25(27,28)29)11-18(13-19)26(30,31)32)22-35-36-24(42-14-16-5-3-2-4-6-16)37(22)20-7-9-21(10-8-20)38(40)41/h2-13,15H,14H2,1H3,(H2,33,34,39). The number of nitrogens with one attached hydrogen (secondary N) is 2. The second-order valence-electron chi connectivity index (χ2n) is 8.84. The van der Waals surface area contributed by atoms with Crippen LogP contribution in [-0.2, 0) is 18.1 Å². The lowest BCUT2D eigenvalue weighted by Gasteiger charge is -2.18. The van der Waals surface area contributed by atoms with Gasteiger partial charge >= 0.3 is 18.4 Å². The van der Waals surface area contributed by atoms with E-state index in [0.717, 1.165) is 5.56 Å². The predicted octanol–water partition coefficient (Wildman–Crippen LogP) is 7.39. The second kappa shape index (κ2) is 12.1. The molecule has 2 N–H and O–H groups in total. The number of nitro groups is 1. The van der Waals surface area contributed by atoms with E-state index in [1.165, 1.54) is 47.5 Å². The van der Waals surface area contributed by atoms with E-state index in [9.17, 15) is 41.3 Å². The number of halogens is 6. The van der Waals surface area contributed by atoms with Crippen LogP contribution < -0.4 is 10.6 Å². The molecular formula is C26H20F6N6O3S. The van der Waals surface area contributed by atoms with Gasteiger partial charge in [0.15, 0.2) is 11.0 Å². The smallest absolute Gasteiger partial charge is 0.328 e. The van der Waals surface area contributed by atoms with Crippen LogP contribution in [0.1, 0.15) is 35.5 Å². The average molecular weight is 611 g/mol. The number of rotatable bonds is 8. The lowest BCUT2D eigenvalue weighted by atomic mass is 10.1. The van der Waals surface area contributed by atoms with Crippen LogP contribution in [0.5, 0.6) is 0 Å². The molecule has 4 rings (SSSR count). The van der Waals surface area contributed by atoms with E-state index < -0.39 is 46.2 Å². The molecule has 0 bridgehead atoms. The number of anilines is 1. The van der Waals surface area contributed by atoms with Crippen LogP contribution in [0.2, 0.25) is 0 Å². The van der Waals surface area contributed by atoms with Gasteiger partial charge in [-0.3, -0.25) is 14.7 Å². The van der Waals surface area contributed by atoms with Crippen molar-refractivity contribution >= 4 is 29.2 Å². The molecule has 2 amide bonds. The number of nitro benzene ring substituents is 1. The highest BCUT2D eigenvalue weighted by Gasteiger charge is 2.37. The lowest BCUT2D eigenvalue weighted by molar-refractivity contribution is -0.384. The number of thioether (sulfide) groups is 1. The summed E-state index contributed by atoms with van der Waals surface area (Å²) in [6.07, 6.45) is -10.2. The summed E-state index contributed by atoms with van der Waals surface area (Å²) in [5.74, 6) is 0.625. The number of alkyl halides is 6. The van der Waals surface area contributed by atoms with Gasteiger partial charge in [0.25, 0.3) is 5.69 Å². The lowest BCUT2D eigenvalue weighted by Crippen LogP contribution is -2.32. The van der Waals surface area contributed by atoms with Crippen molar-refractivity contribution in [1.82, 2.24) is 20.1 Å². The molecule has 1 atom stereocenters. The Bertz CT molecular complexity index is 1540. The summed E-state index contributed by atoms with van der Waals surface area (Å²) in [6, 6.07) is 13.4. The normalized spacial score (nSPS) is 12.5. The summed E-state index contributed by atoms with van der Waals surface area (Å²) < 4.78 is 80.7. The Morgan fingerprint density at radius 2 is 1.55 bits per heavy atom. The second-order valence-corrected chi connectivity index (χ2v) is 9.78. The highest BCUT2D eigenvalue weighted by atomic mass is 32.2. The molecule has 0 saturated heterocycles. The third-order valence-corrected chi connectivity index (χ3v) is 6.77. The number of carbonyl (C=O) groups is 1. The van der Waals surface area contributed by atoms with Gasteiger partial charge in [0.1, 0.15) is 0 Å². The first kappa shape index (κ1) is 30.4. The van der Waals surface area contributed by atoms with Crippen molar-refractivity contribution in [3.63, 3.8) is 0 Å². The zero-order valence-corrected chi connectivity index (χ0v) is 22.2. The minimum Gasteiger partial charge on any atom is -0.328 e. The van der Waals surface area contributed by atoms with Gasteiger partial charge in [0, 0.05) is 29.3 Å². The molecule has 9 nitrogen and oxygen atoms in total. The molecule has 0 radical (unpaired) electrons. The van der Waals surface area contributed by atoms with Gasteiger partial charge < -0.3 is 10.6 Å². The van der Waals surface area contributed by atoms with E-state index >= 15 is 0 Å². The van der Waals surface area contributed by atoms with Crippen molar-refractivity contribution in [3.05, 3.63) is 105 Å². The number of aromatic nitrogens is 3. The summed E-state index contributed by atoms with van der Waals surface area (Å²) in [6.45, 7) is 1.48. The molecule has 42 heavy (non-hydrogen) atoms. The Labute approximate surface area is 238 Å². The summed E-state index contributed by atoms with van der Waals surface area (Å²) >= 11 is 1.29. The third-order valence-electron chi connectivity index (χ3n) is 5.77. The number of hydrogen-bond donors (Lipinski definition) is 2. The van der Waals surface area contributed by atoms with Crippen molar-refractivity contribution in [2.45, 2.75) is 36.2 Å². The van der Waals surface area contributed by atoms with Crippen LogP contribution in [0, 0.1) is 10.1 Å². The molecule has 4 aromatic rings. The maximum atomic E-state index is 13.2. The molecular weight excluding hydrogens is 590 g/mol. The summed E-state index contributed by atoms with van der Waals surface area (Å²) in [7, 11) is 0. The van der Waals surface area contributed by atoms with Crippen LogP contribution in [0.15, 0.2) is 78.0 Å². The Morgan fingerprint density at radius 1 is 0.952 bits per heavy atom. The Hall–Kier alpha value is -4.60.